The fourth-order valence-corrected chi connectivity index (χ4v) is 2.85. The Morgan fingerprint density at radius 3 is 2.70 bits per heavy atom. The van der Waals surface area contributed by atoms with E-state index in [-0.39, 0.29) is 5.91 Å². The highest BCUT2D eigenvalue weighted by molar-refractivity contribution is 5.94. The Hall–Kier alpha value is -2.64. The molecule has 7 heteroatoms. The third-order valence-electron chi connectivity index (χ3n) is 4.27. The van der Waals surface area contributed by atoms with Gasteiger partial charge in [-0.2, -0.15) is 0 Å². The first-order valence-electron chi connectivity index (χ1n) is 9.28. The van der Waals surface area contributed by atoms with Crippen molar-refractivity contribution in [3.8, 4) is 5.75 Å². The molecule has 1 aromatic carbocycles. The predicted octanol–water partition coefficient (Wildman–Crippen LogP) is 2.29. The highest BCUT2D eigenvalue weighted by Gasteiger charge is 2.11. The molecule has 0 radical (unpaired) electrons. The number of morpholine rings is 1. The topological polar surface area (TPSA) is 75.7 Å². The fourth-order valence-electron chi connectivity index (χ4n) is 2.85. The summed E-state index contributed by atoms with van der Waals surface area (Å²) in [5.74, 6) is 0.709. The molecule has 0 saturated carbocycles. The van der Waals surface area contributed by atoms with Gasteiger partial charge in [0.05, 0.1) is 37.3 Å². The first-order chi connectivity index (χ1) is 13.2. The number of amides is 1. The molecule has 1 saturated heterocycles. The number of benzene rings is 1. The van der Waals surface area contributed by atoms with Crippen LogP contribution in [0.3, 0.4) is 0 Å². The quantitative estimate of drug-likeness (QED) is 0.743. The molecule has 2 N–H and O–H groups in total. The monoisotopic (exact) mass is 370 g/mol. The van der Waals surface area contributed by atoms with Crippen molar-refractivity contribution < 1.29 is 14.3 Å². The van der Waals surface area contributed by atoms with Gasteiger partial charge in [-0.1, -0.05) is 0 Å². The number of ether oxygens (including phenoxy) is 2. The zero-order chi connectivity index (χ0) is 18.9. The number of carbonyl (C=O) groups excluding carboxylic acids is 1. The molecule has 1 aromatic heterocycles. The summed E-state index contributed by atoms with van der Waals surface area (Å²) < 4.78 is 10.8. The molecule has 2 heterocycles. The minimum Gasteiger partial charge on any atom is -0.494 e. The van der Waals surface area contributed by atoms with Crippen LogP contribution in [0.4, 0.5) is 11.4 Å². The molecule has 1 aliphatic rings. The van der Waals surface area contributed by atoms with Crippen LogP contribution in [0.5, 0.6) is 5.75 Å². The van der Waals surface area contributed by atoms with Crippen molar-refractivity contribution in [2.75, 3.05) is 51.3 Å². The third kappa shape index (κ3) is 5.94. The number of aromatic nitrogens is 1. The first-order valence-corrected chi connectivity index (χ1v) is 9.28. The van der Waals surface area contributed by atoms with Crippen molar-refractivity contribution in [3.05, 3.63) is 48.3 Å². The predicted molar refractivity (Wildman–Crippen MR) is 105 cm³/mol. The Morgan fingerprint density at radius 1 is 1.19 bits per heavy atom. The van der Waals surface area contributed by atoms with E-state index >= 15 is 0 Å². The molecule has 0 bridgehead atoms. The Bertz CT molecular complexity index is 730. The maximum Gasteiger partial charge on any atom is 0.252 e. The van der Waals surface area contributed by atoms with Crippen LogP contribution in [0, 0.1) is 0 Å². The standard InChI is InChI=1S/C20H26N4O3/c1-2-27-19-5-3-17(4-6-19)23-18-13-16(14-21-15-18)20(25)22-7-8-24-9-11-26-12-10-24/h3-6,13-15,23H,2,7-12H2,1H3,(H,22,25). The molecule has 1 amide bonds. The van der Waals surface area contributed by atoms with E-state index in [2.05, 4.69) is 20.5 Å². The molecule has 0 atom stereocenters. The van der Waals surface area contributed by atoms with Crippen molar-refractivity contribution in [2.24, 2.45) is 0 Å². The van der Waals surface area contributed by atoms with Crippen molar-refractivity contribution in [1.82, 2.24) is 15.2 Å². The smallest absolute Gasteiger partial charge is 0.252 e. The van der Waals surface area contributed by atoms with Crippen LogP contribution in [0.15, 0.2) is 42.7 Å². The van der Waals surface area contributed by atoms with Crippen molar-refractivity contribution in [2.45, 2.75) is 6.92 Å². The van der Waals surface area contributed by atoms with Gasteiger partial charge in [-0.3, -0.25) is 14.7 Å². The Balaban J connectivity index is 1.52. The maximum absolute atomic E-state index is 12.4. The zero-order valence-electron chi connectivity index (χ0n) is 15.6. The fraction of sp³-hybridized carbons (Fsp3) is 0.400. The summed E-state index contributed by atoms with van der Waals surface area (Å²) in [7, 11) is 0. The van der Waals surface area contributed by atoms with E-state index in [9.17, 15) is 4.79 Å². The zero-order valence-corrected chi connectivity index (χ0v) is 15.6. The molecule has 7 nitrogen and oxygen atoms in total. The Kier molecular flexibility index (Phi) is 7.01. The van der Waals surface area contributed by atoms with Gasteiger partial charge < -0.3 is 20.1 Å². The average molecular weight is 370 g/mol. The number of nitrogens with zero attached hydrogens (tertiary/aromatic N) is 2. The van der Waals surface area contributed by atoms with E-state index in [0.29, 0.717) is 18.7 Å². The molecule has 1 fully saturated rings. The SMILES string of the molecule is CCOc1ccc(Nc2cncc(C(=O)NCCN3CCOCC3)c2)cc1. The summed E-state index contributed by atoms with van der Waals surface area (Å²) in [5.41, 5.74) is 2.21. The molecule has 3 rings (SSSR count). The second-order valence-electron chi connectivity index (χ2n) is 6.25. The average Bonchev–Trinajstić information content (AvgIpc) is 2.71. The van der Waals surface area contributed by atoms with Crippen LogP contribution in [-0.2, 0) is 4.74 Å². The molecule has 0 unspecified atom stereocenters. The molecule has 27 heavy (non-hydrogen) atoms. The van der Waals surface area contributed by atoms with E-state index < -0.39 is 0 Å². The second-order valence-corrected chi connectivity index (χ2v) is 6.25. The summed E-state index contributed by atoms with van der Waals surface area (Å²) in [6, 6.07) is 9.47. The minimum absolute atomic E-state index is 0.119. The molecular formula is C20H26N4O3. The number of anilines is 2. The van der Waals surface area contributed by atoms with Gasteiger partial charge in [-0.25, -0.2) is 0 Å². The summed E-state index contributed by atoms with van der Waals surface area (Å²) in [4.78, 5) is 18.8. The second kappa shape index (κ2) is 9.89. The van der Waals surface area contributed by atoms with Gasteiger partial charge in [0.1, 0.15) is 5.75 Å². The van der Waals surface area contributed by atoms with Gasteiger partial charge in [0.15, 0.2) is 0 Å². The van der Waals surface area contributed by atoms with Crippen molar-refractivity contribution >= 4 is 17.3 Å². The number of pyridine rings is 1. The van der Waals surface area contributed by atoms with Gasteiger partial charge >= 0.3 is 0 Å². The summed E-state index contributed by atoms with van der Waals surface area (Å²) >= 11 is 0. The molecule has 1 aliphatic heterocycles. The highest BCUT2D eigenvalue weighted by Crippen LogP contribution is 2.20. The largest absolute Gasteiger partial charge is 0.494 e. The van der Waals surface area contributed by atoms with Crippen molar-refractivity contribution in [3.63, 3.8) is 0 Å². The summed E-state index contributed by atoms with van der Waals surface area (Å²) in [6.07, 6.45) is 3.27. The summed E-state index contributed by atoms with van der Waals surface area (Å²) in [5, 5.41) is 6.21. The maximum atomic E-state index is 12.4. The van der Waals surface area contributed by atoms with Gasteiger partial charge in [-0.15, -0.1) is 0 Å². The Labute approximate surface area is 159 Å². The number of hydrogen-bond acceptors (Lipinski definition) is 6. The lowest BCUT2D eigenvalue weighted by atomic mass is 10.2. The van der Waals surface area contributed by atoms with E-state index in [1.165, 1.54) is 0 Å². The lowest BCUT2D eigenvalue weighted by Crippen LogP contribution is -2.41. The summed E-state index contributed by atoms with van der Waals surface area (Å²) in [6.45, 7) is 7.38. The van der Waals surface area contributed by atoms with Crippen LogP contribution < -0.4 is 15.4 Å². The number of nitrogens with one attached hydrogen (secondary N) is 2. The third-order valence-corrected chi connectivity index (χ3v) is 4.27. The molecule has 2 aromatic rings. The minimum atomic E-state index is -0.119. The van der Waals surface area contributed by atoms with E-state index in [1.807, 2.05) is 31.2 Å². The lowest BCUT2D eigenvalue weighted by Gasteiger charge is -2.26. The number of hydrogen-bond donors (Lipinski definition) is 2. The van der Waals surface area contributed by atoms with E-state index in [1.54, 1.807) is 18.5 Å². The number of carbonyl (C=O) groups is 1. The normalized spacial score (nSPS) is 14.6. The van der Waals surface area contributed by atoms with Crippen LogP contribution >= 0.6 is 0 Å². The lowest BCUT2D eigenvalue weighted by molar-refractivity contribution is 0.0383. The van der Waals surface area contributed by atoms with Crippen LogP contribution in [-0.4, -0.2) is 61.8 Å². The van der Waals surface area contributed by atoms with Crippen molar-refractivity contribution in [1.29, 1.82) is 0 Å². The molecule has 0 aliphatic carbocycles. The van der Waals surface area contributed by atoms with Crippen LogP contribution in [0.1, 0.15) is 17.3 Å². The van der Waals surface area contributed by atoms with Gasteiger partial charge in [0.2, 0.25) is 0 Å². The van der Waals surface area contributed by atoms with Crippen LogP contribution in [0.2, 0.25) is 0 Å². The number of rotatable bonds is 8. The highest BCUT2D eigenvalue weighted by atomic mass is 16.5. The van der Waals surface area contributed by atoms with Gasteiger partial charge in [-0.05, 0) is 37.3 Å². The van der Waals surface area contributed by atoms with E-state index in [0.717, 1.165) is 50.0 Å². The molecule has 144 valence electrons. The van der Waals surface area contributed by atoms with Gasteiger partial charge in [0.25, 0.3) is 5.91 Å². The molecule has 0 spiro atoms. The first kappa shape index (κ1) is 19.1. The Morgan fingerprint density at radius 2 is 1.96 bits per heavy atom. The van der Waals surface area contributed by atoms with Gasteiger partial charge in [0, 0.05) is 38.1 Å². The van der Waals surface area contributed by atoms with E-state index in [4.69, 9.17) is 9.47 Å². The molecular weight excluding hydrogens is 344 g/mol. The van der Waals surface area contributed by atoms with Crippen LogP contribution in [0.25, 0.3) is 0 Å².